The van der Waals surface area contributed by atoms with Gasteiger partial charge in [0.15, 0.2) is 40.0 Å². The van der Waals surface area contributed by atoms with Gasteiger partial charge in [-0.3, -0.25) is 19.9 Å². The Morgan fingerprint density at radius 2 is 1.80 bits per heavy atom. The molecule has 1 spiro atoms. The summed E-state index contributed by atoms with van der Waals surface area (Å²) in [5.74, 6) is 0.802. The monoisotopic (exact) mass is 918 g/mol. The van der Waals surface area contributed by atoms with Crippen molar-refractivity contribution in [2.24, 2.45) is 0 Å². The summed E-state index contributed by atoms with van der Waals surface area (Å²) in [6.07, 6.45) is -0.0291. The molecule has 2 saturated heterocycles. The van der Waals surface area contributed by atoms with E-state index < -0.39 is 58.7 Å². The summed E-state index contributed by atoms with van der Waals surface area (Å²) in [7, 11) is 4.95. The lowest BCUT2D eigenvalue weighted by Gasteiger charge is -2.62. The summed E-state index contributed by atoms with van der Waals surface area (Å²) in [5, 5.41) is 26.3. The van der Waals surface area contributed by atoms with Crippen LogP contribution in [-0.4, -0.2) is 110 Å². The molecule has 3 aromatic carbocycles. The maximum absolute atomic E-state index is 15.1. The minimum Gasteiger partial charge on any atom is -0.504 e. The molecule has 0 aromatic heterocycles. The fourth-order valence-electron chi connectivity index (χ4n) is 10.7. The zero-order valence-electron chi connectivity index (χ0n) is 36.9. The van der Waals surface area contributed by atoms with Gasteiger partial charge in [0, 0.05) is 52.5 Å². The number of esters is 2. The average Bonchev–Trinajstić information content (AvgIpc) is 3.73. The first-order valence-electron chi connectivity index (χ1n) is 21.2. The van der Waals surface area contributed by atoms with Gasteiger partial charge in [0.2, 0.25) is 6.79 Å². The van der Waals surface area contributed by atoms with Crippen molar-refractivity contribution in [3.8, 4) is 46.3 Å². The second kappa shape index (κ2) is 16.4. The first-order chi connectivity index (χ1) is 30.6. The van der Waals surface area contributed by atoms with E-state index in [2.05, 4.69) is 21.2 Å². The lowest BCUT2D eigenvalue weighted by Crippen LogP contribution is -2.69. The fraction of sp³-hybridized carbons (Fsp3) is 0.522. The number of methoxy groups -OCH3 is 2. The number of fused-ring (bicyclic) bond motifs is 9. The van der Waals surface area contributed by atoms with E-state index in [9.17, 15) is 20.0 Å². The molecule has 7 heterocycles. The van der Waals surface area contributed by atoms with Crippen LogP contribution in [0.1, 0.15) is 89.0 Å². The van der Waals surface area contributed by atoms with Gasteiger partial charge in [-0.05, 0) is 88.9 Å². The lowest BCUT2D eigenvalue weighted by atomic mass is 9.71. The third kappa shape index (κ3) is 6.86. The fourth-order valence-corrected chi connectivity index (χ4v) is 12.6. The lowest BCUT2D eigenvalue weighted by molar-refractivity contribution is -0.157. The normalized spacial score (nSPS) is 26.7. The number of benzene rings is 3. The van der Waals surface area contributed by atoms with E-state index in [4.69, 9.17) is 49.5 Å². The maximum atomic E-state index is 15.1. The van der Waals surface area contributed by atoms with Crippen LogP contribution in [-0.2, 0) is 37.4 Å². The van der Waals surface area contributed by atoms with Crippen LogP contribution in [0.15, 0.2) is 18.2 Å². The average molecular weight is 919 g/mol. The Morgan fingerprint density at radius 3 is 2.50 bits per heavy atom. The molecule has 2 fully saturated rings. The van der Waals surface area contributed by atoms with Gasteiger partial charge in [0.05, 0.1) is 44.0 Å². The van der Waals surface area contributed by atoms with Gasteiger partial charge in [0.25, 0.3) is 0 Å². The number of phenols is 1. The second-order valence-corrected chi connectivity index (χ2v) is 19.5. The molecule has 7 aliphatic heterocycles. The third-order valence-electron chi connectivity index (χ3n) is 13.3. The Bertz CT molecular complexity index is 2510. The van der Waals surface area contributed by atoms with E-state index in [0.717, 1.165) is 16.7 Å². The van der Waals surface area contributed by atoms with Crippen LogP contribution in [0.4, 0.5) is 4.79 Å². The van der Waals surface area contributed by atoms with E-state index in [0.29, 0.717) is 64.5 Å². The van der Waals surface area contributed by atoms with Gasteiger partial charge in [0.1, 0.15) is 24.0 Å². The Labute approximate surface area is 380 Å². The minimum absolute atomic E-state index is 0.0132. The predicted octanol–water partition coefficient (Wildman–Crippen LogP) is 6.20. The summed E-state index contributed by atoms with van der Waals surface area (Å²) >= 11 is 7.52. The second-order valence-electron chi connectivity index (χ2n) is 18.0. The molecule has 16 nitrogen and oxygen atoms in total. The molecule has 7 aliphatic rings. The van der Waals surface area contributed by atoms with Crippen LogP contribution in [0.5, 0.6) is 40.2 Å². The Balaban J connectivity index is 1.27. The number of ether oxygens (including phenoxy) is 8. The maximum Gasteiger partial charge on any atom is 0.514 e. The molecule has 18 heteroatoms. The number of alkyl halides is 1. The van der Waals surface area contributed by atoms with E-state index in [1.807, 2.05) is 27.0 Å². The number of hydrogen-bond acceptors (Lipinski definition) is 17. The quantitative estimate of drug-likeness (QED) is 0.123. The molecule has 340 valence electrons. The zero-order valence-corrected chi connectivity index (χ0v) is 38.5. The number of thioether (sulfide) groups is 1. The number of piperazine rings is 1. The number of phenolic OH excluding ortho intramolecular Hbond substituents is 1. The summed E-state index contributed by atoms with van der Waals surface area (Å²) in [6.45, 7) is 8.94. The van der Waals surface area contributed by atoms with Crippen molar-refractivity contribution >= 4 is 41.5 Å². The van der Waals surface area contributed by atoms with Crippen LogP contribution in [0.3, 0.4) is 0 Å². The number of carbonyl (C=O) groups is 3. The molecule has 64 heavy (non-hydrogen) atoms. The van der Waals surface area contributed by atoms with Gasteiger partial charge >= 0.3 is 18.1 Å². The summed E-state index contributed by atoms with van der Waals surface area (Å²) in [4.78, 5) is 45.8. The number of halogens is 1. The highest BCUT2D eigenvalue weighted by Crippen LogP contribution is 2.64. The van der Waals surface area contributed by atoms with E-state index in [1.54, 1.807) is 32.9 Å². The van der Waals surface area contributed by atoms with Crippen molar-refractivity contribution in [1.82, 2.24) is 15.1 Å². The van der Waals surface area contributed by atoms with Crippen molar-refractivity contribution < 1.29 is 57.4 Å². The van der Waals surface area contributed by atoms with Crippen LogP contribution >= 0.6 is 23.4 Å². The number of aryl methyl sites for hydroxylation is 1. The molecule has 10 rings (SSSR count). The smallest absolute Gasteiger partial charge is 0.504 e. The van der Waals surface area contributed by atoms with Gasteiger partial charge < -0.3 is 43.0 Å². The molecule has 7 unspecified atom stereocenters. The van der Waals surface area contributed by atoms with Crippen LogP contribution in [0, 0.1) is 25.2 Å². The molecule has 2 N–H and O–H groups in total. The number of nitrogens with zero attached hydrogens (tertiary/aromatic N) is 3. The first-order valence-corrected chi connectivity index (χ1v) is 22.8. The Kier molecular flexibility index (Phi) is 11.3. The summed E-state index contributed by atoms with van der Waals surface area (Å²) in [5.41, 5.74) is 3.15. The molecule has 7 atom stereocenters. The zero-order chi connectivity index (χ0) is 45.6. The molecule has 0 aliphatic carbocycles. The molecule has 0 saturated carbocycles. The third-order valence-corrected chi connectivity index (χ3v) is 14.9. The number of carbonyl (C=O) groups excluding carboxylic acids is 3. The SMILES string of the molecule is COc1cc2c(cc1OC(=O)OC(C)(C)C)CCNC21CSC2c3c(OC(=O)CCCl)c(C)c4c(c3C(COC1=O)N1C(C#N)C3Cc5cc(C)c(OC)c(O)c5C(C21)N3C)OCO4. The van der Waals surface area contributed by atoms with Gasteiger partial charge in [-0.15, -0.1) is 23.4 Å². The highest BCUT2D eigenvalue weighted by molar-refractivity contribution is 7.99. The van der Waals surface area contributed by atoms with Crippen LogP contribution in [0.2, 0.25) is 0 Å². The van der Waals surface area contributed by atoms with Gasteiger partial charge in [-0.1, -0.05) is 6.07 Å². The molecule has 4 bridgehead atoms. The molecular formula is C46H51ClN4O12S. The largest absolute Gasteiger partial charge is 0.514 e. The highest BCUT2D eigenvalue weighted by Gasteiger charge is 2.62. The number of nitriles is 1. The first kappa shape index (κ1) is 44.1. The van der Waals surface area contributed by atoms with Crippen LogP contribution in [0.25, 0.3) is 0 Å². The number of rotatable bonds is 6. The summed E-state index contributed by atoms with van der Waals surface area (Å²) < 4.78 is 47.9. The molecular weight excluding hydrogens is 868 g/mol. The van der Waals surface area contributed by atoms with Crippen molar-refractivity contribution in [3.05, 3.63) is 62.7 Å². The van der Waals surface area contributed by atoms with E-state index in [1.165, 1.54) is 26.0 Å². The van der Waals surface area contributed by atoms with Crippen molar-refractivity contribution in [2.45, 2.75) is 100 Å². The number of hydrogen-bond donors (Lipinski definition) is 2. The topological polar surface area (TPSA) is 188 Å². The minimum atomic E-state index is -1.47. The Morgan fingerprint density at radius 1 is 1.03 bits per heavy atom. The predicted molar refractivity (Wildman–Crippen MR) is 233 cm³/mol. The molecule has 0 amide bonds. The van der Waals surface area contributed by atoms with Crippen molar-refractivity contribution in [2.75, 3.05) is 52.8 Å². The van der Waals surface area contributed by atoms with Gasteiger partial charge in [-0.2, -0.15) is 5.26 Å². The van der Waals surface area contributed by atoms with E-state index in [-0.39, 0.29) is 60.5 Å². The highest BCUT2D eigenvalue weighted by atomic mass is 35.5. The molecule has 3 aromatic rings. The van der Waals surface area contributed by atoms with Crippen molar-refractivity contribution in [1.29, 1.82) is 5.26 Å². The number of nitrogens with one attached hydrogen (secondary N) is 1. The van der Waals surface area contributed by atoms with E-state index >= 15 is 4.79 Å². The summed E-state index contributed by atoms with van der Waals surface area (Å²) in [6, 6.07) is 5.03. The standard InChI is InChI=1S/C46H51ClN4O12S/c1-21-13-24-14-26-27(17-48)51-28-18-58-43(54)46(25-16-29(56-7)30(15-23(25)10-12-49-46)61-44(55)63-45(3,4)5)19-64-42(36(51)35(50(26)6)32(24)37(53)38(21)57-8)34-33(28)41-40(59-20-60-41)22(2)39(34)62-31(52)9-11-47/h13,15-16,26-28,35-36,42,49,53H,9-12,14,18-20H2,1-8H3. The van der Waals surface area contributed by atoms with Crippen LogP contribution < -0.4 is 33.7 Å². The Hall–Kier alpha value is -5.12. The number of aromatic hydroxyl groups is 1. The van der Waals surface area contributed by atoms with Gasteiger partial charge in [-0.25, -0.2) is 9.59 Å². The number of likely N-dealkylation sites (N-methyl/N-ethyl adjacent to an activating group) is 1. The molecule has 0 radical (unpaired) electrons. The van der Waals surface area contributed by atoms with Crippen molar-refractivity contribution in [3.63, 3.8) is 0 Å².